The molecule has 2 heterocycles. The van der Waals surface area contributed by atoms with Gasteiger partial charge in [-0.2, -0.15) is 13.2 Å². The largest absolute Gasteiger partial charge is 0.516 e. The zero-order valence-electron chi connectivity index (χ0n) is 15.2. The Kier molecular flexibility index (Phi) is 4.35. The van der Waals surface area contributed by atoms with Crippen molar-refractivity contribution in [2.75, 3.05) is 7.11 Å². The summed E-state index contributed by atoms with van der Waals surface area (Å²) in [5, 5.41) is 0. The summed E-state index contributed by atoms with van der Waals surface area (Å²) >= 11 is 0. The molecule has 5 nitrogen and oxygen atoms in total. The molecule has 0 N–H and O–H groups in total. The van der Waals surface area contributed by atoms with Gasteiger partial charge in [0.15, 0.2) is 0 Å². The fraction of sp³-hybridized carbons (Fsp3) is 0.471. The first-order chi connectivity index (χ1) is 11.9. The Balaban J connectivity index is 1.93. The van der Waals surface area contributed by atoms with Crippen LogP contribution in [0.15, 0.2) is 30.5 Å². The van der Waals surface area contributed by atoms with E-state index in [2.05, 4.69) is 4.98 Å². The van der Waals surface area contributed by atoms with Crippen LogP contribution in [0.3, 0.4) is 0 Å². The molecule has 3 rings (SSSR count). The molecule has 0 atom stereocenters. The fourth-order valence-corrected chi connectivity index (χ4v) is 2.60. The lowest BCUT2D eigenvalue weighted by atomic mass is 9.86. The van der Waals surface area contributed by atoms with Gasteiger partial charge in [-0.25, -0.2) is 4.98 Å². The van der Waals surface area contributed by atoms with Gasteiger partial charge in [0.25, 0.3) is 6.01 Å². The first kappa shape index (κ1) is 18.8. The van der Waals surface area contributed by atoms with Crippen molar-refractivity contribution in [2.24, 2.45) is 0 Å². The maximum absolute atomic E-state index is 12.7. The number of ether oxygens (including phenoxy) is 1. The molecule has 0 saturated carbocycles. The summed E-state index contributed by atoms with van der Waals surface area (Å²) < 4.78 is 57.0. The average molecular weight is 368 g/mol. The number of methoxy groups -OCH3 is 1. The minimum atomic E-state index is -4.38. The van der Waals surface area contributed by atoms with Gasteiger partial charge in [-0.15, -0.1) is 0 Å². The molecule has 9 heteroatoms. The predicted octanol–water partition coefficient (Wildman–Crippen LogP) is 3.20. The van der Waals surface area contributed by atoms with E-state index in [0.717, 1.165) is 12.1 Å². The third-order valence-corrected chi connectivity index (χ3v) is 4.84. The summed E-state index contributed by atoms with van der Waals surface area (Å²) in [6, 6.07) is 4.99. The van der Waals surface area contributed by atoms with Crippen molar-refractivity contribution in [3.63, 3.8) is 0 Å². The number of nitrogens with zero attached hydrogens (tertiary/aromatic N) is 2. The Morgan fingerprint density at radius 1 is 1.04 bits per heavy atom. The van der Waals surface area contributed by atoms with E-state index in [1.165, 1.54) is 19.2 Å². The molecule has 0 aliphatic carbocycles. The maximum Gasteiger partial charge on any atom is 0.516 e. The molecule has 0 unspecified atom stereocenters. The molecule has 1 aliphatic heterocycles. The molecular formula is C17H20BF3N2O3. The molecule has 1 aromatic carbocycles. The quantitative estimate of drug-likeness (QED) is 0.781. The lowest BCUT2D eigenvalue weighted by Crippen LogP contribution is -2.41. The average Bonchev–Trinajstić information content (AvgIpc) is 3.05. The van der Waals surface area contributed by atoms with Crippen LogP contribution in [0.4, 0.5) is 13.2 Å². The minimum absolute atomic E-state index is 0.231. The van der Waals surface area contributed by atoms with Crippen LogP contribution < -0.4 is 10.3 Å². The van der Waals surface area contributed by atoms with Crippen molar-refractivity contribution in [3.05, 3.63) is 36.0 Å². The van der Waals surface area contributed by atoms with E-state index in [9.17, 15) is 13.2 Å². The summed E-state index contributed by atoms with van der Waals surface area (Å²) in [5.41, 5.74) is -0.788. The second-order valence-electron chi connectivity index (χ2n) is 7.16. The number of rotatable bonds is 3. The lowest BCUT2D eigenvalue weighted by Gasteiger charge is -2.32. The van der Waals surface area contributed by atoms with Crippen LogP contribution in [0.1, 0.15) is 33.3 Å². The number of aromatic nitrogens is 2. The molecular weight excluding hydrogens is 348 g/mol. The van der Waals surface area contributed by atoms with Crippen molar-refractivity contribution in [1.29, 1.82) is 0 Å². The van der Waals surface area contributed by atoms with Gasteiger partial charge in [-0.05, 0) is 52.0 Å². The van der Waals surface area contributed by atoms with E-state index in [0.29, 0.717) is 11.3 Å². The van der Waals surface area contributed by atoms with Crippen LogP contribution in [0, 0.1) is 0 Å². The van der Waals surface area contributed by atoms with Gasteiger partial charge in [0.05, 0.1) is 35.2 Å². The van der Waals surface area contributed by atoms with E-state index in [1.54, 1.807) is 10.8 Å². The number of imidazole rings is 1. The topological polar surface area (TPSA) is 45.5 Å². The highest BCUT2D eigenvalue weighted by molar-refractivity contribution is 6.61. The summed E-state index contributed by atoms with van der Waals surface area (Å²) in [6.45, 7) is 7.71. The Labute approximate surface area is 150 Å². The number of alkyl halides is 3. The molecule has 0 amide bonds. The van der Waals surface area contributed by atoms with Crippen molar-refractivity contribution >= 4 is 12.7 Å². The highest BCUT2D eigenvalue weighted by atomic mass is 19.4. The Morgan fingerprint density at radius 2 is 1.58 bits per heavy atom. The minimum Gasteiger partial charge on any atom is -0.468 e. The summed E-state index contributed by atoms with van der Waals surface area (Å²) in [7, 11) is 0.751. The molecule has 1 fully saturated rings. The zero-order chi connectivity index (χ0) is 19.3. The first-order valence-electron chi connectivity index (χ1n) is 8.11. The van der Waals surface area contributed by atoms with E-state index in [1.807, 2.05) is 27.7 Å². The van der Waals surface area contributed by atoms with Gasteiger partial charge in [0.1, 0.15) is 0 Å². The Hall–Kier alpha value is -2.00. The molecule has 1 saturated heterocycles. The van der Waals surface area contributed by atoms with Crippen LogP contribution in [-0.4, -0.2) is 35.0 Å². The third kappa shape index (κ3) is 3.21. The Bertz CT molecular complexity index is 785. The molecule has 26 heavy (non-hydrogen) atoms. The molecule has 0 spiro atoms. The van der Waals surface area contributed by atoms with Crippen LogP contribution in [-0.2, 0) is 15.5 Å². The van der Waals surface area contributed by atoms with E-state index in [-0.39, 0.29) is 6.01 Å². The van der Waals surface area contributed by atoms with Crippen molar-refractivity contribution < 1.29 is 27.2 Å². The smallest absolute Gasteiger partial charge is 0.468 e. The second kappa shape index (κ2) is 6.02. The normalized spacial score (nSPS) is 19.0. The molecule has 2 aromatic rings. The van der Waals surface area contributed by atoms with Gasteiger partial charge in [-0.1, -0.05) is 0 Å². The van der Waals surface area contributed by atoms with Crippen molar-refractivity contribution in [2.45, 2.75) is 45.1 Å². The monoisotopic (exact) mass is 368 g/mol. The third-order valence-electron chi connectivity index (χ3n) is 4.84. The molecule has 140 valence electrons. The molecule has 0 bridgehead atoms. The van der Waals surface area contributed by atoms with Gasteiger partial charge in [0.2, 0.25) is 0 Å². The fourth-order valence-electron chi connectivity index (χ4n) is 2.60. The van der Waals surface area contributed by atoms with E-state index >= 15 is 0 Å². The summed E-state index contributed by atoms with van der Waals surface area (Å²) in [6.07, 6.45) is -2.74. The number of hydrogen-bond donors (Lipinski definition) is 0. The van der Waals surface area contributed by atoms with Crippen molar-refractivity contribution in [3.8, 4) is 11.7 Å². The predicted molar refractivity (Wildman–Crippen MR) is 90.8 cm³/mol. The van der Waals surface area contributed by atoms with Crippen LogP contribution in [0.25, 0.3) is 5.69 Å². The number of hydrogen-bond acceptors (Lipinski definition) is 4. The Morgan fingerprint density at radius 3 is 2.04 bits per heavy atom. The van der Waals surface area contributed by atoms with Gasteiger partial charge < -0.3 is 14.0 Å². The SMILES string of the molecule is COc1nc(B2OC(C)(C)C(C)(C)O2)cn1-c1ccc(C(F)(F)F)cc1. The van der Waals surface area contributed by atoms with Gasteiger partial charge in [-0.3, -0.25) is 4.57 Å². The summed E-state index contributed by atoms with van der Waals surface area (Å²) in [5.74, 6) is 0. The number of benzene rings is 1. The summed E-state index contributed by atoms with van der Waals surface area (Å²) in [4.78, 5) is 4.36. The van der Waals surface area contributed by atoms with Crippen LogP contribution in [0.5, 0.6) is 6.01 Å². The van der Waals surface area contributed by atoms with Crippen LogP contribution in [0.2, 0.25) is 0 Å². The molecule has 1 aromatic heterocycles. The van der Waals surface area contributed by atoms with E-state index in [4.69, 9.17) is 14.0 Å². The highest BCUT2D eigenvalue weighted by Crippen LogP contribution is 2.36. The first-order valence-corrected chi connectivity index (χ1v) is 8.11. The standard InChI is InChI=1S/C17H20BF3N2O3/c1-15(2)16(3,4)26-18(25-15)13-10-23(14(22-13)24-5)12-8-6-11(7-9-12)17(19,20)21/h6-10H,1-5H3. The number of halogens is 3. The maximum atomic E-state index is 12.7. The highest BCUT2D eigenvalue weighted by Gasteiger charge is 2.52. The van der Waals surface area contributed by atoms with Crippen molar-refractivity contribution in [1.82, 2.24) is 9.55 Å². The van der Waals surface area contributed by atoms with Crippen LogP contribution >= 0.6 is 0 Å². The van der Waals surface area contributed by atoms with Gasteiger partial charge >= 0.3 is 13.3 Å². The van der Waals surface area contributed by atoms with Gasteiger partial charge in [0, 0.05) is 6.20 Å². The second-order valence-corrected chi connectivity index (χ2v) is 7.16. The lowest BCUT2D eigenvalue weighted by molar-refractivity contribution is -0.137. The zero-order valence-corrected chi connectivity index (χ0v) is 15.2. The molecule has 1 aliphatic rings. The van der Waals surface area contributed by atoms with E-state index < -0.39 is 30.1 Å². The molecule has 0 radical (unpaired) electrons.